The SMILES string of the molecule is COc1cc2cc(CN3C[C@@H](CO)[C@H](CO)C3)c(=O)[nH]c2cc1OC. The molecule has 136 valence electrons. The summed E-state index contributed by atoms with van der Waals surface area (Å²) in [6.07, 6.45) is 0. The lowest BCUT2D eigenvalue weighted by Crippen LogP contribution is -2.25. The highest BCUT2D eigenvalue weighted by Crippen LogP contribution is 2.31. The molecule has 1 saturated heterocycles. The molecule has 2 atom stereocenters. The number of aliphatic hydroxyl groups is 2. The van der Waals surface area contributed by atoms with Gasteiger partial charge in [-0.05, 0) is 12.1 Å². The van der Waals surface area contributed by atoms with Crippen molar-refractivity contribution in [3.63, 3.8) is 0 Å². The summed E-state index contributed by atoms with van der Waals surface area (Å²) in [6.45, 7) is 1.92. The van der Waals surface area contributed by atoms with E-state index in [4.69, 9.17) is 9.47 Å². The van der Waals surface area contributed by atoms with E-state index >= 15 is 0 Å². The fourth-order valence-corrected chi connectivity index (χ4v) is 3.52. The van der Waals surface area contributed by atoms with Crippen LogP contribution in [0.3, 0.4) is 0 Å². The van der Waals surface area contributed by atoms with Crippen LogP contribution in [-0.2, 0) is 6.54 Å². The van der Waals surface area contributed by atoms with E-state index in [1.807, 2.05) is 12.1 Å². The van der Waals surface area contributed by atoms with E-state index in [-0.39, 0.29) is 30.6 Å². The molecule has 0 saturated carbocycles. The summed E-state index contributed by atoms with van der Waals surface area (Å²) in [6, 6.07) is 5.44. The van der Waals surface area contributed by atoms with Gasteiger partial charge in [0.05, 0.1) is 19.7 Å². The summed E-state index contributed by atoms with van der Waals surface area (Å²) >= 11 is 0. The van der Waals surface area contributed by atoms with Crippen molar-refractivity contribution in [1.82, 2.24) is 9.88 Å². The van der Waals surface area contributed by atoms with Crippen molar-refractivity contribution in [2.75, 3.05) is 40.5 Å². The van der Waals surface area contributed by atoms with E-state index in [9.17, 15) is 15.0 Å². The molecule has 0 spiro atoms. The highest BCUT2D eigenvalue weighted by molar-refractivity contribution is 5.83. The second-order valence-electron chi connectivity index (χ2n) is 6.50. The molecule has 0 unspecified atom stereocenters. The monoisotopic (exact) mass is 348 g/mol. The highest BCUT2D eigenvalue weighted by Gasteiger charge is 2.31. The zero-order chi connectivity index (χ0) is 18.0. The van der Waals surface area contributed by atoms with Crippen LogP contribution in [-0.4, -0.2) is 60.6 Å². The molecule has 2 heterocycles. The topological polar surface area (TPSA) is 95.0 Å². The number of H-pyrrole nitrogens is 1. The van der Waals surface area contributed by atoms with Crippen molar-refractivity contribution in [2.24, 2.45) is 11.8 Å². The number of nitrogens with one attached hydrogen (secondary N) is 1. The summed E-state index contributed by atoms with van der Waals surface area (Å²) in [7, 11) is 3.13. The lowest BCUT2D eigenvalue weighted by Gasteiger charge is -2.16. The number of likely N-dealkylation sites (tertiary alicyclic amines) is 1. The number of rotatable bonds is 6. The van der Waals surface area contributed by atoms with Crippen LogP contribution in [0.1, 0.15) is 5.56 Å². The maximum Gasteiger partial charge on any atom is 0.252 e. The third-order valence-corrected chi connectivity index (χ3v) is 4.94. The summed E-state index contributed by atoms with van der Waals surface area (Å²) in [5.41, 5.74) is 1.19. The Labute approximate surface area is 145 Å². The number of ether oxygens (including phenoxy) is 2. The van der Waals surface area contributed by atoms with Crippen molar-refractivity contribution < 1.29 is 19.7 Å². The maximum absolute atomic E-state index is 12.4. The summed E-state index contributed by atoms with van der Waals surface area (Å²) in [5.74, 6) is 1.27. The van der Waals surface area contributed by atoms with Crippen molar-refractivity contribution in [3.05, 3.63) is 34.1 Å². The van der Waals surface area contributed by atoms with E-state index in [1.54, 1.807) is 20.3 Å². The molecule has 7 heteroatoms. The van der Waals surface area contributed by atoms with Crippen LogP contribution in [0.15, 0.2) is 23.0 Å². The Morgan fingerprint density at radius 3 is 2.24 bits per heavy atom. The molecule has 7 nitrogen and oxygen atoms in total. The second-order valence-corrected chi connectivity index (χ2v) is 6.50. The molecule has 0 radical (unpaired) electrons. The summed E-state index contributed by atoms with van der Waals surface area (Å²) in [4.78, 5) is 17.4. The Balaban J connectivity index is 1.89. The number of methoxy groups -OCH3 is 2. The van der Waals surface area contributed by atoms with Crippen LogP contribution in [0.4, 0.5) is 0 Å². The number of benzene rings is 1. The van der Waals surface area contributed by atoms with Gasteiger partial charge in [-0.1, -0.05) is 0 Å². The van der Waals surface area contributed by atoms with Gasteiger partial charge in [0.25, 0.3) is 5.56 Å². The predicted octanol–water partition coefficient (Wildman–Crippen LogP) is 0.578. The average molecular weight is 348 g/mol. The van der Waals surface area contributed by atoms with Gasteiger partial charge in [0.2, 0.25) is 0 Å². The fourth-order valence-electron chi connectivity index (χ4n) is 3.52. The van der Waals surface area contributed by atoms with Gasteiger partial charge < -0.3 is 24.7 Å². The maximum atomic E-state index is 12.4. The number of aromatic nitrogens is 1. The van der Waals surface area contributed by atoms with Crippen LogP contribution >= 0.6 is 0 Å². The minimum Gasteiger partial charge on any atom is -0.493 e. The van der Waals surface area contributed by atoms with E-state index in [2.05, 4.69) is 9.88 Å². The minimum atomic E-state index is -0.146. The number of aromatic amines is 1. The normalized spacial score (nSPS) is 21.0. The van der Waals surface area contributed by atoms with Crippen molar-refractivity contribution in [2.45, 2.75) is 6.54 Å². The fraction of sp³-hybridized carbons (Fsp3) is 0.500. The molecule has 1 aromatic carbocycles. The van der Waals surface area contributed by atoms with Crippen LogP contribution in [0, 0.1) is 11.8 Å². The largest absolute Gasteiger partial charge is 0.493 e. The van der Waals surface area contributed by atoms with Crippen LogP contribution in [0.25, 0.3) is 10.9 Å². The van der Waals surface area contributed by atoms with Crippen molar-refractivity contribution in [3.8, 4) is 11.5 Å². The number of hydrogen-bond acceptors (Lipinski definition) is 6. The van der Waals surface area contributed by atoms with Crippen LogP contribution in [0.5, 0.6) is 11.5 Å². The molecule has 1 aliphatic heterocycles. The smallest absolute Gasteiger partial charge is 0.252 e. The van der Waals surface area contributed by atoms with E-state index in [0.29, 0.717) is 42.2 Å². The highest BCUT2D eigenvalue weighted by atomic mass is 16.5. The van der Waals surface area contributed by atoms with Gasteiger partial charge in [0.1, 0.15) is 0 Å². The third kappa shape index (κ3) is 3.49. The second kappa shape index (κ2) is 7.43. The first-order chi connectivity index (χ1) is 12.1. The van der Waals surface area contributed by atoms with Crippen molar-refractivity contribution >= 4 is 10.9 Å². The molecule has 1 aliphatic rings. The predicted molar refractivity (Wildman–Crippen MR) is 94.1 cm³/mol. The first kappa shape index (κ1) is 17.7. The zero-order valence-electron chi connectivity index (χ0n) is 14.5. The Morgan fingerprint density at radius 2 is 1.68 bits per heavy atom. The summed E-state index contributed by atoms with van der Waals surface area (Å²) in [5, 5.41) is 19.7. The van der Waals surface area contributed by atoms with Gasteiger partial charge in [-0.2, -0.15) is 0 Å². The number of hydrogen-bond donors (Lipinski definition) is 3. The van der Waals surface area contributed by atoms with Gasteiger partial charge in [-0.15, -0.1) is 0 Å². The van der Waals surface area contributed by atoms with Gasteiger partial charge >= 0.3 is 0 Å². The Hall–Kier alpha value is -2.09. The first-order valence-electron chi connectivity index (χ1n) is 8.31. The average Bonchev–Trinajstić information content (AvgIpc) is 3.03. The molecule has 0 aliphatic carbocycles. The molecule has 0 amide bonds. The summed E-state index contributed by atoms with van der Waals surface area (Å²) < 4.78 is 10.6. The lowest BCUT2D eigenvalue weighted by atomic mass is 9.98. The van der Waals surface area contributed by atoms with E-state index < -0.39 is 0 Å². The molecule has 3 N–H and O–H groups in total. The minimum absolute atomic E-state index is 0.0484. The van der Waals surface area contributed by atoms with Crippen molar-refractivity contribution in [1.29, 1.82) is 0 Å². The van der Waals surface area contributed by atoms with E-state index in [1.165, 1.54) is 0 Å². The number of pyridine rings is 1. The third-order valence-electron chi connectivity index (χ3n) is 4.94. The quantitative estimate of drug-likeness (QED) is 0.707. The van der Waals surface area contributed by atoms with Gasteiger partial charge in [-0.3, -0.25) is 9.69 Å². The molecule has 1 aromatic heterocycles. The molecule has 2 aromatic rings. The number of nitrogens with zero attached hydrogens (tertiary/aromatic N) is 1. The first-order valence-corrected chi connectivity index (χ1v) is 8.31. The molecule has 25 heavy (non-hydrogen) atoms. The molecule has 3 rings (SSSR count). The molecular formula is C18H24N2O5. The van der Waals surface area contributed by atoms with Gasteiger partial charge in [-0.25, -0.2) is 0 Å². The Morgan fingerprint density at radius 1 is 1.08 bits per heavy atom. The molecule has 1 fully saturated rings. The number of fused-ring (bicyclic) bond motifs is 1. The van der Waals surface area contributed by atoms with E-state index in [0.717, 1.165) is 5.39 Å². The van der Waals surface area contributed by atoms with Crippen LogP contribution < -0.4 is 15.0 Å². The number of aliphatic hydroxyl groups excluding tert-OH is 2. The van der Waals surface area contributed by atoms with Gasteiger partial charge in [0.15, 0.2) is 11.5 Å². The Kier molecular flexibility index (Phi) is 5.27. The standard InChI is InChI=1S/C18H24N2O5/c1-24-16-4-11-3-12(18(23)19-15(11)5-17(16)25-2)6-20-7-13(9-21)14(8-20)10-22/h3-5,13-14,21-22H,6-10H2,1-2H3,(H,19,23)/t13-,14-/m0/s1. The molecule has 0 bridgehead atoms. The Bertz CT molecular complexity index is 792. The molecular weight excluding hydrogens is 324 g/mol. The zero-order valence-corrected chi connectivity index (χ0v) is 14.5. The lowest BCUT2D eigenvalue weighted by molar-refractivity contribution is 0.152. The van der Waals surface area contributed by atoms with Crippen LogP contribution in [0.2, 0.25) is 0 Å². The van der Waals surface area contributed by atoms with Gasteiger partial charge in [0, 0.05) is 61.7 Å².